The van der Waals surface area contributed by atoms with Crippen molar-refractivity contribution in [2.75, 3.05) is 6.54 Å². The maximum Gasteiger partial charge on any atom is 0.719 e. The van der Waals surface area contributed by atoms with Crippen LogP contribution in [0.5, 0.6) is 0 Å². The Bertz CT molecular complexity index is 250. The standard InChI is InChI=1S/C2H3N5O7/c8-4-3-1-2(5(9)10,6(11)12)7(13)14/h1H2,(H,3,8). The van der Waals surface area contributed by atoms with E-state index in [-0.39, 0.29) is 0 Å². The van der Waals surface area contributed by atoms with Gasteiger partial charge in [0.15, 0.2) is 14.8 Å². The summed E-state index contributed by atoms with van der Waals surface area (Å²) in [6, 6.07) is 0. The summed E-state index contributed by atoms with van der Waals surface area (Å²) in [5, 5.41) is 32.3. The summed E-state index contributed by atoms with van der Waals surface area (Å²) in [6.07, 6.45) is 0. The van der Waals surface area contributed by atoms with Gasteiger partial charge in [0.2, 0.25) is 0 Å². The normalized spacial score (nSPS) is 10.3. The molecule has 14 heavy (non-hydrogen) atoms. The summed E-state index contributed by atoms with van der Waals surface area (Å²) < 4.78 is 0. The van der Waals surface area contributed by atoms with Gasteiger partial charge in [0.1, 0.15) is 0 Å². The van der Waals surface area contributed by atoms with Gasteiger partial charge in [0.25, 0.3) is 6.54 Å². The quantitative estimate of drug-likeness (QED) is 0.244. The molecule has 0 aromatic rings. The van der Waals surface area contributed by atoms with E-state index in [4.69, 9.17) is 0 Å². The predicted molar refractivity (Wildman–Crippen MR) is 37.5 cm³/mol. The Balaban J connectivity index is 5.15. The van der Waals surface area contributed by atoms with Crippen molar-refractivity contribution < 1.29 is 14.8 Å². The van der Waals surface area contributed by atoms with E-state index in [1.165, 1.54) is 5.43 Å². The smallest absolute Gasteiger partial charge is 0.253 e. The number of nitro groups is 3. The van der Waals surface area contributed by atoms with E-state index in [1.54, 1.807) is 0 Å². The molecule has 12 nitrogen and oxygen atoms in total. The van der Waals surface area contributed by atoms with Crippen molar-refractivity contribution in [1.82, 2.24) is 5.43 Å². The lowest BCUT2D eigenvalue weighted by Gasteiger charge is -2.06. The Labute approximate surface area is 74.3 Å². The molecule has 0 aliphatic carbocycles. The molecule has 1 N–H and O–H groups in total. The third-order valence-electron chi connectivity index (χ3n) is 1.26. The Kier molecular flexibility index (Phi) is 3.33. The number of nitroso groups, excluding NO2 is 1. The molecule has 0 aromatic carbocycles. The van der Waals surface area contributed by atoms with Gasteiger partial charge in [0.05, 0.1) is 5.29 Å². The van der Waals surface area contributed by atoms with Crippen molar-refractivity contribution in [2.24, 2.45) is 5.29 Å². The molecule has 0 bridgehead atoms. The van der Waals surface area contributed by atoms with Crippen LogP contribution in [0.2, 0.25) is 0 Å². The molecule has 0 aliphatic rings. The van der Waals surface area contributed by atoms with Crippen molar-refractivity contribution in [3.8, 4) is 0 Å². The average molecular weight is 209 g/mol. The van der Waals surface area contributed by atoms with Crippen LogP contribution in [0.1, 0.15) is 0 Å². The van der Waals surface area contributed by atoms with Gasteiger partial charge in [-0.05, 0) is 0 Å². The molecule has 0 rings (SSSR count). The zero-order valence-electron chi connectivity index (χ0n) is 6.35. The van der Waals surface area contributed by atoms with Crippen molar-refractivity contribution >= 4 is 0 Å². The van der Waals surface area contributed by atoms with Crippen molar-refractivity contribution in [3.63, 3.8) is 0 Å². The molecule has 0 saturated heterocycles. The molecule has 12 heteroatoms. The van der Waals surface area contributed by atoms with Crippen LogP contribution < -0.4 is 5.43 Å². The van der Waals surface area contributed by atoms with Gasteiger partial charge in [-0.2, -0.15) is 0 Å². The van der Waals surface area contributed by atoms with Crippen LogP contribution >= 0.6 is 0 Å². The van der Waals surface area contributed by atoms with Crippen LogP contribution in [0, 0.1) is 35.3 Å². The molecule has 0 aromatic heterocycles. The second kappa shape index (κ2) is 4.01. The summed E-state index contributed by atoms with van der Waals surface area (Å²) in [6.45, 7) is -1.43. The molecule has 0 atom stereocenters. The molecular formula is C2H3N5O7. The Morgan fingerprint density at radius 1 is 1.07 bits per heavy atom. The molecule has 78 valence electrons. The third kappa shape index (κ3) is 1.67. The van der Waals surface area contributed by atoms with E-state index in [0.29, 0.717) is 0 Å². The van der Waals surface area contributed by atoms with E-state index in [9.17, 15) is 35.3 Å². The first kappa shape index (κ1) is 11.6. The average Bonchev–Trinajstić information content (AvgIpc) is 2.03. The summed E-state index contributed by atoms with van der Waals surface area (Å²) in [5.41, 5.74) is 1.28. The minimum absolute atomic E-state index is 1.28. The zero-order valence-corrected chi connectivity index (χ0v) is 6.35. The van der Waals surface area contributed by atoms with Crippen LogP contribution in [-0.4, -0.2) is 27.1 Å². The fourth-order valence-electron chi connectivity index (χ4n) is 0.532. The van der Waals surface area contributed by atoms with Gasteiger partial charge in [0, 0.05) is 0 Å². The van der Waals surface area contributed by atoms with Crippen molar-refractivity contribution in [3.05, 3.63) is 35.3 Å². The van der Waals surface area contributed by atoms with Crippen LogP contribution in [0.3, 0.4) is 0 Å². The molecule has 0 aliphatic heterocycles. The maximum atomic E-state index is 10.1. The lowest BCUT2D eigenvalue weighted by atomic mass is 10.4. The van der Waals surface area contributed by atoms with E-state index in [1.807, 2.05) is 5.29 Å². The van der Waals surface area contributed by atoms with Crippen molar-refractivity contribution in [2.45, 2.75) is 5.79 Å². The molecule has 0 spiro atoms. The first-order chi connectivity index (χ1) is 6.39. The Morgan fingerprint density at radius 3 is 1.64 bits per heavy atom. The summed E-state index contributed by atoms with van der Waals surface area (Å²) in [4.78, 5) is 34.8. The third-order valence-corrected chi connectivity index (χ3v) is 1.26. The highest BCUT2D eigenvalue weighted by atomic mass is 16.7. The van der Waals surface area contributed by atoms with Crippen LogP contribution in [0.25, 0.3) is 0 Å². The first-order valence-electron chi connectivity index (χ1n) is 2.88. The van der Waals surface area contributed by atoms with Gasteiger partial charge in [-0.1, -0.05) is 0 Å². The Hall–Kier alpha value is -2.40. The van der Waals surface area contributed by atoms with E-state index < -0.39 is 27.1 Å². The first-order valence-corrected chi connectivity index (χ1v) is 2.88. The van der Waals surface area contributed by atoms with Crippen molar-refractivity contribution in [1.29, 1.82) is 0 Å². The predicted octanol–water partition coefficient (Wildman–Crippen LogP) is -1.26. The number of nitrogens with zero attached hydrogens (tertiary/aromatic N) is 4. The topological polar surface area (TPSA) is 171 Å². The van der Waals surface area contributed by atoms with E-state index in [0.717, 1.165) is 0 Å². The van der Waals surface area contributed by atoms with Gasteiger partial charge in [-0.3, -0.25) is 35.8 Å². The second-order valence-corrected chi connectivity index (χ2v) is 1.97. The summed E-state index contributed by atoms with van der Waals surface area (Å²) in [5.74, 6) is -3.69. The molecule has 0 heterocycles. The second-order valence-electron chi connectivity index (χ2n) is 1.97. The van der Waals surface area contributed by atoms with Gasteiger partial charge in [-0.25, -0.2) is 0 Å². The van der Waals surface area contributed by atoms with Crippen LogP contribution in [-0.2, 0) is 0 Å². The van der Waals surface area contributed by atoms with E-state index >= 15 is 0 Å². The molecule has 0 unspecified atom stereocenters. The van der Waals surface area contributed by atoms with Gasteiger partial charge < -0.3 is 0 Å². The summed E-state index contributed by atoms with van der Waals surface area (Å²) in [7, 11) is 0. The molecular weight excluding hydrogens is 206 g/mol. The number of hydrogen-bond donors (Lipinski definition) is 1. The molecule has 0 saturated carbocycles. The number of hydrogen-bond acceptors (Lipinski definition) is 8. The largest absolute Gasteiger partial charge is 0.719 e. The molecule has 0 radical (unpaired) electrons. The minimum atomic E-state index is -3.69. The fourth-order valence-corrected chi connectivity index (χ4v) is 0.532. The minimum Gasteiger partial charge on any atom is -0.253 e. The highest BCUT2D eigenvalue weighted by Crippen LogP contribution is 2.10. The Morgan fingerprint density at radius 2 is 1.43 bits per heavy atom. The van der Waals surface area contributed by atoms with E-state index in [2.05, 4.69) is 0 Å². The SMILES string of the molecule is O=NNCC([N+](=O)[O-])([N+](=O)[O-])[N+](=O)[O-]. The number of nitrogens with one attached hydrogen (secondary N) is 1. The highest BCUT2D eigenvalue weighted by molar-refractivity contribution is 4.55. The summed E-state index contributed by atoms with van der Waals surface area (Å²) >= 11 is 0. The maximum absolute atomic E-state index is 10.1. The van der Waals surface area contributed by atoms with Gasteiger partial charge >= 0.3 is 5.79 Å². The highest BCUT2D eigenvalue weighted by Gasteiger charge is 2.70. The van der Waals surface area contributed by atoms with Crippen LogP contribution in [0.15, 0.2) is 5.29 Å². The lowest BCUT2D eigenvalue weighted by molar-refractivity contribution is -0.966. The van der Waals surface area contributed by atoms with Crippen LogP contribution in [0.4, 0.5) is 0 Å². The molecule has 0 fully saturated rings. The fraction of sp³-hybridized carbons (Fsp3) is 1.00. The molecule has 0 amide bonds. The monoisotopic (exact) mass is 209 g/mol. The number of rotatable bonds is 6. The zero-order chi connectivity index (χ0) is 11.4. The van der Waals surface area contributed by atoms with Gasteiger partial charge in [-0.15, -0.1) is 4.91 Å². The lowest BCUT2D eigenvalue weighted by Crippen LogP contribution is -2.58.